The summed E-state index contributed by atoms with van der Waals surface area (Å²) in [5.41, 5.74) is 1.61. The second kappa shape index (κ2) is 5.69. The molecule has 0 radical (unpaired) electrons. The number of rotatable bonds is 3. The van der Waals surface area contributed by atoms with E-state index in [1.54, 1.807) is 12.4 Å². The van der Waals surface area contributed by atoms with Crippen LogP contribution in [0.3, 0.4) is 0 Å². The van der Waals surface area contributed by atoms with Crippen LogP contribution in [0.5, 0.6) is 0 Å². The number of likely N-dealkylation sites (tertiary alicyclic amines) is 1. The Labute approximate surface area is 141 Å². The van der Waals surface area contributed by atoms with E-state index in [9.17, 15) is 4.79 Å². The van der Waals surface area contributed by atoms with Gasteiger partial charge in [-0.15, -0.1) is 10.2 Å². The molecular weight excluding hydrogens is 304 g/mol. The van der Waals surface area contributed by atoms with E-state index in [-0.39, 0.29) is 11.3 Å². The lowest BCUT2D eigenvalue weighted by Crippen LogP contribution is -2.35. The largest absolute Gasteiger partial charge is 0.425 e. The predicted octanol–water partition coefficient (Wildman–Crippen LogP) is 2.53. The summed E-state index contributed by atoms with van der Waals surface area (Å²) in [4.78, 5) is 19.2. The monoisotopic (exact) mass is 326 g/mol. The maximum absolute atomic E-state index is 13.1. The zero-order valence-corrected chi connectivity index (χ0v) is 14.2. The SMILES string of the molecule is CCc1cnccc1C(=O)N1C[C@@H]2CCC[C@]2(c2nnc(C)o2)C1. The van der Waals surface area contributed by atoms with E-state index < -0.39 is 0 Å². The molecule has 0 bridgehead atoms. The van der Waals surface area contributed by atoms with Gasteiger partial charge in [0, 0.05) is 38.0 Å². The highest BCUT2D eigenvalue weighted by atomic mass is 16.4. The van der Waals surface area contributed by atoms with Gasteiger partial charge in [0.15, 0.2) is 0 Å². The molecule has 2 atom stereocenters. The number of aryl methyl sites for hydroxylation is 2. The Balaban J connectivity index is 1.64. The Hall–Kier alpha value is -2.24. The quantitative estimate of drug-likeness (QED) is 0.866. The fourth-order valence-electron chi connectivity index (χ4n) is 4.38. The van der Waals surface area contributed by atoms with Crippen LogP contribution in [0, 0.1) is 12.8 Å². The first-order valence-electron chi connectivity index (χ1n) is 8.67. The molecule has 2 aromatic heterocycles. The van der Waals surface area contributed by atoms with Crippen molar-refractivity contribution in [2.24, 2.45) is 5.92 Å². The van der Waals surface area contributed by atoms with Gasteiger partial charge in [0.2, 0.25) is 11.8 Å². The Morgan fingerprint density at radius 1 is 1.46 bits per heavy atom. The Kier molecular flexibility index (Phi) is 3.62. The molecule has 24 heavy (non-hydrogen) atoms. The minimum atomic E-state index is -0.156. The van der Waals surface area contributed by atoms with Crippen molar-refractivity contribution < 1.29 is 9.21 Å². The molecular formula is C18H22N4O2. The van der Waals surface area contributed by atoms with Gasteiger partial charge in [0.05, 0.1) is 5.41 Å². The minimum Gasteiger partial charge on any atom is -0.425 e. The average molecular weight is 326 g/mol. The molecule has 4 rings (SSSR count). The molecule has 1 saturated carbocycles. The van der Waals surface area contributed by atoms with Gasteiger partial charge >= 0.3 is 0 Å². The molecule has 1 aliphatic heterocycles. The summed E-state index contributed by atoms with van der Waals surface area (Å²) in [6, 6.07) is 1.83. The Morgan fingerprint density at radius 2 is 2.33 bits per heavy atom. The number of carbonyl (C=O) groups excluding carboxylic acids is 1. The van der Waals surface area contributed by atoms with E-state index in [0.29, 0.717) is 24.2 Å². The van der Waals surface area contributed by atoms with Crippen LogP contribution in [-0.2, 0) is 11.8 Å². The maximum atomic E-state index is 13.1. The van der Waals surface area contributed by atoms with E-state index in [4.69, 9.17) is 4.42 Å². The van der Waals surface area contributed by atoms with Gasteiger partial charge in [-0.25, -0.2) is 0 Å². The highest BCUT2D eigenvalue weighted by Gasteiger charge is 2.55. The number of amides is 1. The molecule has 6 nitrogen and oxygen atoms in total. The summed E-state index contributed by atoms with van der Waals surface area (Å²) in [6.07, 6.45) is 7.58. The second-order valence-corrected chi connectivity index (χ2v) is 6.94. The molecule has 1 aliphatic carbocycles. The molecule has 0 aromatic carbocycles. The summed E-state index contributed by atoms with van der Waals surface area (Å²) < 4.78 is 5.78. The average Bonchev–Trinajstić information content (AvgIpc) is 3.27. The smallest absolute Gasteiger partial charge is 0.254 e. The lowest BCUT2D eigenvalue weighted by atomic mass is 9.80. The molecule has 2 fully saturated rings. The van der Waals surface area contributed by atoms with Crippen molar-refractivity contribution in [1.82, 2.24) is 20.1 Å². The van der Waals surface area contributed by atoms with E-state index in [2.05, 4.69) is 22.1 Å². The van der Waals surface area contributed by atoms with Gasteiger partial charge in [-0.05, 0) is 36.8 Å². The van der Waals surface area contributed by atoms with Gasteiger partial charge in [-0.1, -0.05) is 13.3 Å². The van der Waals surface area contributed by atoms with Crippen molar-refractivity contribution in [3.63, 3.8) is 0 Å². The maximum Gasteiger partial charge on any atom is 0.254 e. The zero-order chi connectivity index (χ0) is 16.7. The predicted molar refractivity (Wildman–Crippen MR) is 87.6 cm³/mol. The molecule has 0 spiro atoms. The molecule has 0 N–H and O–H groups in total. The van der Waals surface area contributed by atoms with Crippen molar-refractivity contribution in [3.05, 3.63) is 41.4 Å². The van der Waals surface area contributed by atoms with Gasteiger partial charge in [0.25, 0.3) is 5.91 Å². The van der Waals surface area contributed by atoms with Crippen LogP contribution >= 0.6 is 0 Å². The number of hydrogen-bond donors (Lipinski definition) is 0. The van der Waals surface area contributed by atoms with Crippen LogP contribution in [-0.4, -0.2) is 39.1 Å². The van der Waals surface area contributed by atoms with Crippen LogP contribution in [0.1, 0.15) is 53.9 Å². The van der Waals surface area contributed by atoms with Crippen molar-refractivity contribution >= 4 is 5.91 Å². The Bertz CT molecular complexity index is 772. The number of fused-ring (bicyclic) bond motifs is 1. The normalized spacial score (nSPS) is 25.9. The van der Waals surface area contributed by atoms with E-state index >= 15 is 0 Å². The fraction of sp³-hybridized carbons (Fsp3) is 0.556. The number of aromatic nitrogens is 3. The van der Waals surface area contributed by atoms with E-state index in [1.807, 2.05) is 17.9 Å². The first-order valence-corrected chi connectivity index (χ1v) is 8.67. The highest BCUT2D eigenvalue weighted by molar-refractivity contribution is 5.95. The molecule has 2 aliphatic rings. The third kappa shape index (κ3) is 2.24. The van der Waals surface area contributed by atoms with E-state index in [1.165, 1.54) is 0 Å². The van der Waals surface area contributed by atoms with Gasteiger partial charge < -0.3 is 9.32 Å². The third-order valence-corrected chi connectivity index (χ3v) is 5.62. The molecule has 3 heterocycles. The molecule has 1 amide bonds. The van der Waals surface area contributed by atoms with Crippen LogP contribution < -0.4 is 0 Å². The van der Waals surface area contributed by atoms with Gasteiger partial charge in [-0.2, -0.15) is 0 Å². The van der Waals surface area contributed by atoms with Crippen LogP contribution in [0.15, 0.2) is 22.9 Å². The molecule has 0 unspecified atom stereocenters. The van der Waals surface area contributed by atoms with Crippen LogP contribution in [0.2, 0.25) is 0 Å². The van der Waals surface area contributed by atoms with Crippen molar-refractivity contribution in [3.8, 4) is 0 Å². The van der Waals surface area contributed by atoms with Gasteiger partial charge in [-0.3, -0.25) is 9.78 Å². The van der Waals surface area contributed by atoms with Crippen molar-refractivity contribution in [2.75, 3.05) is 13.1 Å². The first-order chi connectivity index (χ1) is 11.6. The number of pyridine rings is 1. The third-order valence-electron chi connectivity index (χ3n) is 5.62. The number of carbonyl (C=O) groups is 1. The first kappa shape index (κ1) is 15.3. The lowest BCUT2D eigenvalue weighted by Gasteiger charge is -2.24. The van der Waals surface area contributed by atoms with Crippen LogP contribution in [0.25, 0.3) is 0 Å². The van der Waals surface area contributed by atoms with Crippen molar-refractivity contribution in [1.29, 1.82) is 0 Å². The number of hydrogen-bond acceptors (Lipinski definition) is 5. The topological polar surface area (TPSA) is 72.1 Å². The van der Waals surface area contributed by atoms with Gasteiger partial charge in [0.1, 0.15) is 0 Å². The highest BCUT2D eigenvalue weighted by Crippen LogP contribution is 2.50. The van der Waals surface area contributed by atoms with Crippen molar-refractivity contribution in [2.45, 2.75) is 44.9 Å². The lowest BCUT2D eigenvalue weighted by molar-refractivity contribution is 0.0774. The standard InChI is InChI=1S/C18H22N4O2/c1-3-13-9-19-8-6-15(13)16(23)22-10-14-5-4-7-18(14,11-22)17-21-20-12(2)24-17/h6,8-9,14H,3-5,7,10-11H2,1-2H3/t14-,18-/m0/s1. The minimum absolute atomic E-state index is 0.0965. The molecule has 2 aromatic rings. The number of nitrogens with zero attached hydrogens (tertiary/aromatic N) is 4. The summed E-state index contributed by atoms with van der Waals surface area (Å²) in [5, 5.41) is 8.31. The summed E-state index contributed by atoms with van der Waals surface area (Å²) in [6.45, 7) is 5.31. The second-order valence-electron chi connectivity index (χ2n) is 6.94. The summed E-state index contributed by atoms with van der Waals surface area (Å²) in [5.74, 6) is 1.81. The summed E-state index contributed by atoms with van der Waals surface area (Å²) >= 11 is 0. The zero-order valence-electron chi connectivity index (χ0n) is 14.2. The Morgan fingerprint density at radius 3 is 3.08 bits per heavy atom. The molecule has 126 valence electrons. The molecule has 6 heteroatoms. The van der Waals surface area contributed by atoms with E-state index in [0.717, 1.165) is 43.4 Å². The van der Waals surface area contributed by atoms with Crippen LogP contribution in [0.4, 0.5) is 0 Å². The molecule has 1 saturated heterocycles. The fourth-order valence-corrected chi connectivity index (χ4v) is 4.38. The summed E-state index contributed by atoms with van der Waals surface area (Å²) in [7, 11) is 0.